The van der Waals surface area contributed by atoms with Crippen LogP contribution in [0.25, 0.3) is 0 Å². The summed E-state index contributed by atoms with van der Waals surface area (Å²) in [6, 6.07) is 11.7. The van der Waals surface area contributed by atoms with E-state index >= 15 is 0 Å². The Morgan fingerprint density at radius 1 is 1.19 bits per heavy atom. The van der Waals surface area contributed by atoms with Crippen LogP contribution >= 0.6 is 22.6 Å². The number of amides is 1. The first-order valence-electron chi connectivity index (χ1n) is 5.98. The zero-order valence-electron chi connectivity index (χ0n) is 11.1. The second-order valence-electron chi connectivity index (χ2n) is 4.46. The number of hydrogen-bond acceptors (Lipinski definition) is 3. The van der Waals surface area contributed by atoms with Gasteiger partial charge in [0.1, 0.15) is 0 Å². The largest absolute Gasteiger partial charge is 0.322 e. The highest BCUT2D eigenvalue weighted by Crippen LogP contribution is 2.20. The monoisotopic (exact) mass is 416 g/mol. The van der Waals surface area contributed by atoms with Crippen molar-refractivity contribution < 1.29 is 13.2 Å². The number of aryl methyl sites for hydroxylation is 1. The Hall–Kier alpha value is -1.45. The lowest BCUT2D eigenvalue weighted by Crippen LogP contribution is -2.15. The zero-order chi connectivity index (χ0) is 15.6. The van der Waals surface area contributed by atoms with Gasteiger partial charge in [-0.3, -0.25) is 4.79 Å². The summed E-state index contributed by atoms with van der Waals surface area (Å²) in [4.78, 5) is 12.2. The summed E-state index contributed by atoms with van der Waals surface area (Å²) in [5, 5.41) is 7.84. The maximum Gasteiger partial charge on any atom is 0.256 e. The van der Waals surface area contributed by atoms with Gasteiger partial charge in [0.25, 0.3) is 5.91 Å². The van der Waals surface area contributed by atoms with E-state index in [1.165, 1.54) is 12.1 Å². The van der Waals surface area contributed by atoms with E-state index in [4.69, 9.17) is 5.14 Å². The van der Waals surface area contributed by atoms with E-state index in [1.54, 1.807) is 25.1 Å². The number of benzene rings is 2. The molecule has 3 N–H and O–H groups in total. The standard InChI is InChI=1S/C14H13IN2O3S/c1-9-8-10(6-7-13(9)21(16,19)20)17-14(18)11-4-2-3-5-12(11)15/h2-8H,1H3,(H,17,18)(H2,16,19,20). The number of primary sulfonamides is 1. The molecule has 0 saturated heterocycles. The van der Waals surface area contributed by atoms with Gasteiger partial charge in [-0.15, -0.1) is 0 Å². The van der Waals surface area contributed by atoms with Gasteiger partial charge in [0.15, 0.2) is 0 Å². The molecule has 110 valence electrons. The molecule has 0 aliphatic carbocycles. The molecule has 0 fully saturated rings. The molecule has 0 aliphatic rings. The maximum atomic E-state index is 12.2. The molecule has 0 aliphatic heterocycles. The Kier molecular flexibility index (Phi) is 4.64. The predicted octanol–water partition coefficient (Wildman–Crippen LogP) is 2.50. The number of rotatable bonds is 3. The summed E-state index contributed by atoms with van der Waals surface area (Å²) >= 11 is 2.08. The fraction of sp³-hybridized carbons (Fsp3) is 0.0714. The highest BCUT2D eigenvalue weighted by molar-refractivity contribution is 14.1. The number of nitrogens with one attached hydrogen (secondary N) is 1. The average molecular weight is 416 g/mol. The molecule has 0 aromatic heterocycles. The molecule has 2 aromatic carbocycles. The number of carbonyl (C=O) groups is 1. The third-order valence-corrected chi connectivity index (χ3v) is 4.87. The second-order valence-corrected chi connectivity index (χ2v) is 7.15. The van der Waals surface area contributed by atoms with Crippen LogP contribution in [0.1, 0.15) is 15.9 Å². The van der Waals surface area contributed by atoms with Crippen LogP contribution in [-0.4, -0.2) is 14.3 Å². The molecule has 0 heterocycles. The molecule has 0 radical (unpaired) electrons. The molecule has 0 spiro atoms. The number of nitrogens with two attached hydrogens (primary N) is 1. The minimum absolute atomic E-state index is 0.0507. The van der Waals surface area contributed by atoms with E-state index in [-0.39, 0.29) is 10.8 Å². The molecule has 0 bridgehead atoms. The molecule has 1 amide bonds. The minimum Gasteiger partial charge on any atom is -0.322 e. The smallest absolute Gasteiger partial charge is 0.256 e. The van der Waals surface area contributed by atoms with E-state index in [1.807, 2.05) is 12.1 Å². The Labute approximate surface area is 136 Å². The first-order chi connectivity index (χ1) is 9.79. The number of hydrogen-bond donors (Lipinski definition) is 2. The summed E-state index contributed by atoms with van der Waals surface area (Å²) in [7, 11) is -3.75. The molecule has 7 heteroatoms. The van der Waals surface area contributed by atoms with E-state index in [0.717, 1.165) is 3.57 Å². The van der Waals surface area contributed by atoms with Gasteiger partial charge < -0.3 is 5.32 Å². The molecule has 21 heavy (non-hydrogen) atoms. The number of carbonyl (C=O) groups excluding carboxylic acids is 1. The third-order valence-electron chi connectivity index (χ3n) is 2.86. The summed E-state index contributed by atoms with van der Waals surface area (Å²) in [6.07, 6.45) is 0. The van der Waals surface area contributed by atoms with Crippen molar-refractivity contribution in [3.63, 3.8) is 0 Å². The number of sulfonamides is 1. The molecule has 0 atom stereocenters. The van der Waals surface area contributed by atoms with Crippen molar-refractivity contribution in [1.29, 1.82) is 0 Å². The lowest BCUT2D eigenvalue weighted by molar-refractivity contribution is 0.102. The van der Waals surface area contributed by atoms with Gasteiger partial charge >= 0.3 is 0 Å². The Balaban J connectivity index is 2.27. The van der Waals surface area contributed by atoms with Crippen molar-refractivity contribution in [3.8, 4) is 0 Å². The van der Waals surface area contributed by atoms with Crippen molar-refractivity contribution in [2.45, 2.75) is 11.8 Å². The predicted molar refractivity (Wildman–Crippen MR) is 89.7 cm³/mol. The van der Waals surface area contributed by atoms with Crippen LogP contribution in [0, 0.1) is 10.5 Å². The molecule has 0 unspecified atom stereocenters. The number of anilines is 1. The van der Waals surface area contributed by atoms with Crippen LogP contribution < -0.4 is 10.5 Å². The van der Waals surface area contributed by atoms with Crippen LogP contribution in [0.15, 0.2) is 47.4 Å². The fourth-order valence-corrected chi connectivity index (χ4v) is 3.29. The van der Waals surface area contributed by atoms with Gasteiger partial charge in [0.05, 0.1) is 10.5 Å². The van der Waals surface area contributed by atoms with Crippen LogP contribution in [-0.2, 0) is 10.0 Å². The first-order valence-corrected chi connectivity index (χ1v) is 8.61. The zero-order valence-corrected chi connectivity index (χ0v) is 14.1. The van der Waals surface area contributed by atoms with Crippen LogP contribution in [0.4, 0.5) is 5.69 Å². The van der Waals surface area contributed by atoms with E-state index in [0.29, 0.717) is 16.8 Å². The Bertz CT molecular complexity index is 804. The van der Waals surface area contributed by atoms with Gasteiger partial charge in [-0.1, -0.05) is 12.1 Å². The topological polar surface area (TPSA) is 89.3 Å². The quantitative estimate of drug-likeness (QED) is 0.754. The van der Waals surface area contributed by atoms with Crippen molar-refractivity contribution in [1.82, 2.24) is 0 Å². The summed E-state index contributed by atoms with van der Waals surface area (Å²) in [5.74, 6) is -0.247. The summed E-state index contributed by atoms with van der Waals surface area (Å²) < 4.78 is 23.5. The lowest BCUT2D eigenvalue weighted by Gasteiger charge is -2.09. The van der Waals surface area contributed by atoms with Crippen LogP contribution in [0.3, 0.4) is 0 Å². The molecule has 2 aromatic rings. The Morgan fingerprint density at radius 2 is 1.86 bits per heavy atom. The SMILES string of the molecule is Cc1cc(NC(=O)c2ccccc2I)ccc1S(N)(=O)=O. The molecule has 5 nitrogen and oxygen atoms in total. The first kappa shape index (κ1) is 15.9. The van der Waals surface area contributed by atoms with Gasteiger partial charge in [-0.05, 0) is 65.4 Å². The van der Waals surface area contributed by atoms with Gasteiger partial charge in [-0.2, -0.15) is 0 Å². The highest BCUT2D eigenvalue weighted by Gasteiger charge is 2.13. The van der Waals surface area contributed by atoms with Gasteiger partial charge in [0, 0.05) is 9.26 Å². The second kappa shape index (κ2) is 6.12. The van der Waals surface area contributed by atoms with E-state index in [9.17, 15) is 13.2 Å². The van der Waals surface area contributed by atoms with Crippen LogP contribution in [0.5, 0.6) is 0 Å². The normalized spacial score (nSPS) is 11.2. The fourth-order valence-electron chi connectivity index (χ4n) is 1.89. The van der Waals surface area contributed by atoms with E-state index < -0.39 is 10.0 Å². The lowest BCUT2D eigenvalue weighted by atomic mass is 10.2. The molecular formula is C14H13IN2O3S. The van der Waals surface area contributed by atoms with Gasteiger partial charge in [-0.25, -0.2) is 13.6 Å². The van der Waals surface area contributed by atoms with Crippen molar-refractivity contribution in [3.05, 3.63) is 57.2 Å². The molecular weight excluding hydrogens is 403 g/mol. The van der Waals surface area contributed by atoms with E-state index in [2.05, 4.69) is 27.9 Å². The Morgan fingerprint density at radius 3 is 2.43 bits per heavy atom. The maximum absolute atomic E-state index is 12.2. The van der Waals surface area contributed by atoms with Crippen LogP contribution in [0.2, 0.25) is 0 Å². The summed E-state index contributed by atoms with van der Waals surface area (Å²) in [6.45, 7) is 1.63. The van der Waals surface area contributed by atoms with Crippen molar-refractivity contribution in [2.75, 3.05) is 5.32 Å². The minimum atomic E-state index is -3.75. The number of halogens is 1. The van der Waals surface area contributed by atoms with Gasteiger partial charge in [0.2, 0.25) is 10.0 Å². The highest BCUT2D eigenvalue weighted by atomic mass is 127. The average Bonchev–Trinajstić information content (AvgIpc) is 2.37. The summed E-state index contributed by atoms with van der Waals surface area (Å²) in [5.41, 5.74) is 1.56. The third kappa shape index (κ3) is 3.80. The van der Waals surface area contributed by atoms with Crippen molar-refractivity contribution >= 4 is 44.2 Å². The molecule has 0 saturated carbocycles. The van der Waals surface area contributed by atoms with Crippen molar-refractivity contribution in [2.24, 2.45) is 5.14 Å². The molecule has 2 rings (SSSR count).